The standard InChI is InChI=1S/C12H10FN5O3/c13-7-1-2-9(14-3-7)11(19)17-4-8(5-17)18-6-10(12(20)21)15-16-18/h1-3,6,8H,4-5H2,(H,20,21). The highest BCUT2D eigenvalue weighted by atomic mass is 19.1. The van der Waals surface area contributed by atoms with Crippen molar-refractivity contribution in [3.05, 3.63) is 41.7 Å². The van der Waals surface area contributed by atoms with Gasteiger partial charge in [-0.05, 0) is 12.1 Å². The molecule has 0 aliphatic carbocycles. The van der Waals surface area contributed by atoms with Gasteiger partial charge in [0.1, 0.15) is 11.5 Å². The van der Waals surface area contributed by atoms with Gasteiger partial charge in [-0.3, -0.25) is 4.79 Å². The van der Waals surface area contributed by atoms with E-state index >= 15 is 0 Å². The van der Waals surface area contributed by atoms with Gasteiger partial charge in [-0.25, -0.2) is 18.9 Å². The quantitative estimate of drug-likeness (QED) is 0.867. The fourth-order valence-electron chi connectivity index (χ4n) is 2.01. The van der Waals surface area contributed by atoms with Gasteiger partial charge in [-0.15, -0.1) is 5.10 Å². The van der Waals surface area contributed by atoms with Crippen molar-refractivity contribution in [1.29, 1.82) is 0 Å². The Bertz CT molecular complexity index is 693. The van der Waals surface area contributed by atoms with Gasteiger partial charge in [-0.2, -0.15) is 0 Å². The molecule has 1 aliphatic heterocycles. The van der Waals surface area contributed by atoms with E-state index in [1.54, 1.807) is 0 Å². The lowest BCUT2D eigenvalue weighted by atomic mass is 10.1. The minimum absolute atomic E-state index is 0.116. The third-order valence-electron chi connectivity index (χ3n) is 3.20. The normalized spacial score (nSPS) is 14.8. The molecule has 8 nitrogen and oxygen atoms in total. The first kappa shape index (κ1) is 13.2. The van der Waals surface area contributed by atoms with E-state index in [1.165, 1.54) is 27.9 Å². The number of carbonyl (C=O) groups excluding carboxylic acids is 1. The Morgan fingerprint density at radius 2 is 2.05 bits per heavy atom. The summed E-state index contributed by atoms with van der Waals surface area (Å²) >= 11 is 0. The second kappa shape index (κ2) is 4.93. The zero-order valence-electron chi connectivity index (χ0n) is 10.7. The lowest BCUT2D eigenvalue weighted by molar-refractivity contribution is 0.0491. The predicted octanol–water partition coefficient (Wildman–Crippen LogP) is 0.208. The molecule has 0 atom stereocenters. The Morgan fingerprint density at radius 1 is 1.29 bits per heavy atom. The summed E-state index contributed by atoms with van der Waals surface area (Å²) in [5, 5.41) is 16.0. The fraction of sp³-hybridized carbons (Fsp3) is 0.250. The van der Waals surface area contributed by atoms with E-state index in [-0.39, 0.29) is 23.3 Å². The van der Waals surface area contributed by atoms with Crippen molar-refractivity contribution in [3.8, 4) is 0 Å². The number of hydrogen-bond acceptors (Lipinski definition) is 5. The lowest BCUT2D eigenvalue weighted by Gasteiger charge is -2.38. The van der Waals surface area contributed by atoms with Gasteiger partial charge in [0.15, 0.2) is 5.69 Å². The number of carboxylic acids is 1. The Morgan fingerprint density at radius 3 is 2.62 bits per heavy atom. The number of halogens is 1. The highest BCUT2D eigenvalue weighted by Crippen LogP contribution is 2.22. The molecule has 0 radical (unpaired) electrons. The average molecular weight is 291 g/mol. The minimum Gasteiger partial charge on any atom is -0.476 e. The van der Waals surface area contributed by atoms with E-state index in [9.17, 15) is 14.0 Å². The van der Waals surface area contributed by atoms with Gasteiger partial charge in [0, 0.05) is 13.1 Å². The molecule has 0 unspecified atom stereocenters. The smallest absolute Gasteiger partial charge is 0.358 e. The summed E-state index contributed by atoms with van der Waals surface area (Å²) in [4.78, 5) is 28.0. The maximum atomic E-state index is 12.7. The van der Waals surface area contributed by atoms with E-state index in [0.29, 0.717) is 13.1 Å². The zero-order valence-corrected chi connectivity index (χ0v) is 10.7. The van der Waals surface area contributed by atoms with Crippen LogP contribution in [0.15, 0.2) is 24.5 Å². The second-order valence-electron chi connectivity index (χ2n) is 4.61. The van der Waals surface area contributed by atoms with Crippen molar-refractivity contribution in [2.45, 2.75) is 6.04 Å². The van der Waals surface area contributed by atoms with Crippen LogP contribution < -0.4 is 0 Å². The Kier molecular flexibility index (Phi) is 3.09. The largest absolute Gasteiger partial charge is 0.476 e. The van der Waals surface area contributed by atoms with Crippen LogP contribution in [0.2, 0.25) is 0 Å². The van der Waals surface area contributed by atoms with Crippen LogP contribution in [0, 0.1) is 5.82 Å². The van der Waals surface area contributed by atoms with Crippen LogP contribution in [0.1, 0.15) is 27.0 Å². The minimum atomic E-state index is -1.15. The van der Waals surface area contributed by atoms with E-state index in [4.69, 9.17) is 5.11 Å². The van der Waals surface area contributed by atoms with E-state index < -0.39 is 11.8 Å². The molecule has 1 amide bonds. The molecule has 0 bridgehead atoms. The number of amides is 1. The van der Waals surface area contributed by atoms with Gasteiger partial charge in [0.25, 0.3) is 5.91 Å². The molecule has 0 saturated carbocycles. The zero-order chi connectivity index (χ0) is 15.0. The average Bonchev–Trinajstić information content (AvgIpc) is 2.87. The van der Waals surface area contributed by atoms with Crippen molar-refractivity contribution in [1.82, 2.24) is 24.9 Å². The van der Waals surface area contributed by atoms with Crippen LogP contribution in [0.3, 0.4) is 0 Å². The summed E-state index contributed by atoms with van der Waals surface area (Å²) in [6, 6.07) is 2.38. The molecule has 0 aromatic carbocycles. The fourth-order valence-corrected chi connectivity index (χ4v) is 2.01. The van der Waals surface area contributed by atoms with Crippen molar-refractivity contribution < 1.29 is 19.1 Å². The number of carbonyl (C=O) groups is 2. The highest BCUT2D eigenvalue weighted by molar-refractivity contribution is 5.92. The Hall–Kier alpha value is -2.84. The van der Waals surface area contributed by atoms with E-state index in [1.807, 2.05) is 0 Å². The van der Waals surface area contributed by atoms with Crippen molar-refractivity contribution >= 4 is 11.9 Å². The number of carboxylic acid groups (broad SMARTS) is 1. The maximum absolute atomic E-state index is 12.7. The molecule has 1 N–H and O–H groups in total. The summed E-state index contributed by atoms with van der Waals surface area (Å²) in [6.45, 7) is 0.751. The first-order valence-electron chi connectivity index (χ1n) is 6.10. The molecule has 3 rings (SSSR count). The van der Waals surface area contributed by atoms with Crippen molar-refractivity contribution in [2.75, 3.05) is 13.1 Å². The molecule has 2 aromatic heterocycles. The molecule has 1 saturated heterocycles. The van der Waals surface area contributed by atoms with Gasteiger partial charge < -0.3 is 10.0 Å². The monoisotopic (exact) mass is 291 g/mol. The molecule has 0 spiro atoms. The summed E-state index contributed by atoms with van der Waals surface area (Å²) in [5.74, 6) is -1.95. The summed E-state index contributed by atoms with van der Waals surface area (Å²) in [7, 11) is 0. The van der Waals surface area contributed by atoms with Crippen LogP contribution in [-0.4, -0.2) is 55.0 Å². The van der Waals surface area contributed by atoms with Gasteiger partial charge in [0.05, 0.1) is 18.4 Å². The topological polar surface area (TPSA) is 101 Å². The summed E-state index contributed by atoms with van der Waals surface area (Å²) < 4.78 is 14.2. The SMILES string of the molecule is O=C(O)c1cn(C2CN(C(=O)c3ccc(F)cn3)C2)nn1. The van der Waals surface area contributed by atoms with E-state index in [2.05, 4.69) is 15.3 Å². The molecule has 2 aromatic rings. The number of hydrogen-bond donors (Lipinski definition) is 1. The van der Waals surface area contributed by atoms with Crippen LogP contribution >= 0.6 is 0 Å². The number of rotatable bonds is 3. The third kappa shape index (κ3) is 2.45. The third-order valence-corrected chi connectivity index (χ3v) is 3.20. The highest BCUT2D eigenvalue weighted by Gasteiger charge is 2.34. The van der Waals surface area contributed by atoms with Crippen molar-refractivity contribution in [3.63, 3.8) is 0 Å². The number of pyridine rings is 1. The van der Waals surface area contributed by atoms with Gasteiger partial charge >= 0.3 is 5.97 Å². The number of aromatic nitrogens is 4. The molecule has 1 aliphatic rings. The van der Waals surface area contributed by atoms with Gasteiger partial charge in [-0.1, -0.05) is 5.21 Å². The van der Waals surface area contributed by atoms with Crippen LogP contribution in [0.5, 0.6) is 0 Å². The first-order valence-corrected chi connectivity index (χ1v) is 6.10. The van der Waals surface area contributed by atoms with Crippen LogP contribution in [-0.2, 0) is 0 Å². The molecule has 3 heterocycles. The molecule has 108 valence electrons. The molecule has 9 heteroatoms. The molecule has 21 heavy (non-hydrogen) atoms. The Balaban J connectivity index is 1.63. The number of nitrogens with zero attached hydrogens (tertiary/aromatic N) is 5. The maximum Gasteiger partial charge on any atom is 0.358 e. The Labute approximate surface area is 117 Å². The number of likely N-dealkylation sites (tertiary alicyclic amines) is 1. The summed E-state index contributed by atoms with van der Waals surface area (Å²) in [5.41, 5.74) is 0.0274. The second-order valence-corrected chi connectivity index (χ2v) is 4.61. The van der Waals surface area contributed by atoms with E-state index in [0.717, 1.165) is 6.20 Å². The molecular weight excluding hydrogens is 281 g/mol. The van der Waals surface area contributed by atoms with Crippen LogP contribution in [0.4, 0.5) is 4.39 Å². The predicted molar refractivity (Wildman–Crippen MR) is 66.1 cm³/mol. The molecular formula is C12H10FN5O3. The first-order chi connectivity index (χ1) is 10.0. The van der Waals surface area contributed by atoms with Crippen LogP contribution in [0.25, 0.3) is 0 Å². The van der Waals surface area contributed by atoms with Gasteiger partial charge in [0.2, 0.25) is 0 Å². The molecule has 1 fully saturated rings. The summed E-state index contributed by atoms with van der Waals surface area (Å²) in [6.07, 6.45) is 2.31. The number of aromatic carboxylic acids is 1. The van der Waals surface area contributed by atoms with Crippen molar-refractivity contribution in [2.24, 2.45) is 0 Å². The lowest BCUT2D eigenvalue weighted by Crippen LogP contribution is -2.51.